The monoisotopic (exact) mass is 335 g/mol. The predicted octanol–water partition coefficient (Wildman–Crippen LogP) is 2.78. The van der Waals surface area contributed by atoms with E-state index in [1.165, 1.54) is 13.2 Å². The number of carbonyl (C=O) groups is 2. The van der Waals surface area contributed by atoms with Crippen LogP contribution in [0.3, 0.4) is 0 Å². The molecule has 1 aromatic heterocycles. The highest BCUT2D eigenvalue weighted by Crippen LogP contribution is 2.28. The minimum atomic E-state index is -0.969. The van der Waals surface area contributed by atoms with Gasteiger partial charge in [-0.05, 0) is 37.3 Å². The van der Waals surface area contributed by atoms with Crippen molar-refractivity contribution in [3.05, 3.63) is 45.6 Å². The number of nitrogens with one attached hydrogen (secondary N) is 1. The molecule has 0 saturated carbocycles. The van der Waals surface area contributed by atoms with Gasteiger partial charge in [0.25, 0.3) is 5.91 Å². The van der Waals surface area contributed by atoms with Gasteiger partial charge >= 0.3 is 5.97 Å². The molecule has 0 unspecified atom stereocenters. The number of methoxy groups -OCH3 is 1. The Balaban J connectivity index is 2.03. The van der Waals surface area contributed by atoms with Crippen molar-refractivity contribution in [1.29, 1.82) is 0 Å². The van der Waals surface area contributed by atoms with Gasteiger partial charge in [0, 0.05) is 10.4 Å². The van der Waals surface area contributed by atoms with Crippen molar-refractivity contribution in [2.45, 2.75) is 13.5 Å². The summed E-state index contributed by atoms with van der Waals surface area (Å²) in [7, 11) is 1.51. The first-order valence-corrected chi connectivity index (χ1v) is 7.77. The maximum Gasteiger partial charge on any atom is 0.345 e. The summed E-state index contributed by atoms with van der Waals surface area (Å²) >= 11 is 1.14. The number of carboxylic acid groups (broad SMARTS) is 1. The smallest absolute Gasteiger partial charge is 0.345 e. The third kappa shape index (κ3) is 4.23. The van der Waals surface area contributed by atoms with Gasteiger partial charge in [0.05, 0.1) is 20.3 Å². The number of hydrogen-bond donors (Lipinski definition) is 2. The van der Waals surface area contributed by atoms with E-state index in [0.29, 0.717) is 23.7 Å². The number of rotatable bonds is 7. The largest absolute Gasteiger partial charge is 0.493 e. The second kappa shape index (κ2) is 7.64. The normalized spacial score (nSPS) is 10.2. The number of carbonyl (C=O) groups excluding carboxylic acids is 1. The molecule has 2 N–H and O–H groups in total. The molecule has 23 heavy (non-hydrogen) atoms. The lowest BCUT2D eigenvalue weighted by atomic mass is 10.2. The summed E-state index contributed by atoms with van der Waals surface area (Å²) in [5.41, 5.74) is 0.445. The van der Waals surface area contributed by atoms with Crippen molar-refractivity contribution >= 4 is 23.2 Å². The minimum absolute atomic E-state index is 0.247. The van der Waals surface area contributed by atoms with Gasteiger partial charge in [-0.25, -0.2) is 4.79 Å². The van der Waals surface area contributed by atoms with Gasteiger partial charge in [0.2, 0.25) is 0 Å². The number of ether oxygens (including phenoxy) is 2. The maximum atomic E-state index is 12.2. The minimum Gasteiger partial charge on any atom is -0.493 e. The summed E-state index contributed by atoms with van der Waals surface area (Å²) < 4.78 is 10.6. The lowest BCUT2D eigenvalue weighted by molar-refractivity contribution is 0.0702. The molecule has 1 amide bonds. The average Bonchev–Trinajstić information content (AvgIpc) is 3.02. The van der Waals surface area contributed by atoms with Crippen molar-refractivity contribution in [2.75, 3.05) is 13.7 Å². The van der Waals surface area contributed by atoms with Crippen molar-refractivity contribution in [2.24, 2.45) is 0 Å². The number of thiophene rings is 1. The third-order valence-electron chi connectivity index (χ3n) is 3.02. The maximum absolute atomic E-state index is 12.2. The highest BCUT2D eigenvalue weighted by atomic mass is 32.1. The highest BCUT2D eigenvalue weighted by molar-refractivity contribution is 7.13. The van der Waals surface area contributed by atoms with Crippen LogP contribution in [-0.4, -0.2) is 30.7 Å². The Morgan fingerprint density at radius 2 is 2.00 bits per heavy atom. The first-order chi connectivity index (χ1) is 11.0. The van der Waals surface area contributed by atoms with Crippen molar-refractivity contribution < 1.29 is 24.2 Å². The van der Waals surface area contributed by atoms with Gasteiger partial charge in [-0.3, -0.25) is 4.79 Å². The molecule has 122 valence electrons. The first kappa shape index (κ1) is 16.8. The lowest BCUT2D eigenvalue weighted by Crippen LogP contribution is -2.22. The molecule has 0 fully saturated rings. The quantitative estimate of drug-likeness (QED) is 0.813. The van der Waals surface area contributed by atoms with E-state index in [4.69, 9.17) is 14.6 Å². The number of amides is 1. The van der Waals surface area contributed by atoms with Gasteiger partial charge < -0.3 is 19.9 Å². The fourth-order valence-corrected chi connectivity index (χ4v) is 2.73. The van der Waals surface area contributed by atoms with E-state index in [1.807, 2.05) is 6.92 Å². The zero-order chi connectivity index (χ0) is 16.8. The molecule has 0 saturated heterocycles. The molecule has 1 aromatic carbocycles. The predicted molar refractivity (Wildman–Crippen MR) is 86.6 cm³/mol. The van der Waals surface area contributed by atoms with Crippen LogP contribution in [0.25, 0.3) is 0 Å². The van der Waals surface area contributed by atoms with Gasteiger partial charge in [-0.2, -0.15) is 0 Å². The Labute approximate surface area is 137 Å². The number of carboxylic acids is 1. The highest BCUT2D eigenvalue weighted by Gasteiger charge is 2.12. The van der Waals surface area contributed by atoms with Crippen LogP contribution < -0.4 is 14.8 Å². The van der Waals surface area contributed by atoms with Crippen LogP contribution in [-0.2, 0) is 6.54 Å². The standard InChI is InChI=1S/C16H17NO5S/c1-3-22-12-6-4-10(8-13(12)21-2)15(18)17-9-11-5-7-14(23-11)16(19)20/h4-8H,3,9H2,1-2H3,(H,17,18)(H,19,20). The van der Waals surface area contributed by atoms with Crippen LogP contribution in [0.1, 0.15) is 31.8 Å². The van der Waals surface area contributed by atoms with Crippen LogP contribution in [0.5, 0.6) is 11.5 Å². The summed E-state index contributed by atoms with van der Waals surface area (Å²) in [6.45, 7) is 2.64. The molecule has 0 aliphatic rings. The second-order valence-corrected chi connectivity index (χ2v) is 5.72. The van der Waals surface area contributed by atoms with Crippen LogP contribution in [0.15, 0.2) is 30.3 Å². The molecule has 1 heterocycles. The summed E-state index contributed by atoms with van der Waals surface area (Å²) in [5.74, 6) is -0.167. The van der Waals surface area contributed by atoms with E-state index >= 15 is 0 Å². The van der Waals surface area contributed by atoms with Crippen molar-refractivity contribution in [3.63, 3.8) is 0 Å². The molecule has 0 spiro atoms. The molecule has 2 aromatic rings. The average molecular weight is 335 g/mol. The molecule has 6 nitrogen and oxygen atoms in total. The van der Waals surface area contributed by atoms with Gasteiger partial charge in [0.15, 0.2) is 11.5 Å². The zero-order valence-corrected chi connectivity index (χ0v) is 13.6. The van der Waals surface area contributed by atoms with E-state index in [1.54, 1.807) is 24.3 Å². The molecule has 0 aliphatic heterocycles. The third-order valence-corrected chi connectivity index (χ3v) is 4.09. The molecule has 0 radical (unpaired) electrons. The van der Waals surface area contributed by atoms with E-state index < -0.39 is 5.97 Å². The topological polar surface area (TPSA) is 84.9 Å². The molecule has 0 atom stereocenters. The van der Waals surface area contributed by atoms with Crippen molar-refractivity contribution in [1.82, 2.24) is 5.32 Å². The van der Waals surface area contributed by atoms with Gasteiger partial charge in [-0.15, -0.1) is 11.3 Å². The molecule has 7 heteroatoms. The summed E-state index contributed by atoms with van der Waals surface area (Å²) in [6, 6.07) is 8.16. The molecular formula is C16H17NO5S. The van der Waals surface area contributed by atoms with E-state index in [9.17, 15) is 9.59 Å². The summed E-state index contributed by atoms with van der Waals surface area (Å²) in [6.07, 6.45) is 0. The second-order valence-electron chi connectivity index (χ2n) is 4.55. The molecule has 0 bridgehead atoms. The Hall–Kier alpha value is -2.54. The fourth-order valence-electron chi connectivity index (χ4n) is 1.94. The number of hydrogen-bond acceptors (Lipinski definition) is 5. The van der Waals surface area contributed by atoms with E-state index in [2.05, 4.69) is 5.32 Å². The number of benzene rings is 1. The van der Waals surface area contributed by atoms with Crippen LogP contribution in [0.2, 0.25) is 0 Å². The van der Waals surface area contributed by atoms with Crippen LogP contribution in [0.4, 0.5) is 0 Å². The molecule has 0 aliphatic carbocycles. The van der Waals surface area contributed by atoms with E-state index in [0.717, 1.165) is 16.2 Å². The summed E-state index contributed by atoms with van der Waals surface area (Å²) in [4.78, 5) is 24.0. The van der Waals surface area contributed by atoms with Gasteiger partial charge in [0.1, 0.15) is 4.88 Å². The molecule has 2 rings (SSSR count). The van der Waals surface area contributed by atoms with Crippen LogP contribution in [0, 0.1) is 0 Å². The Morgan fingerprint density at radius 3 is 2.61 bits per heavy atom. The SMILES string of the molecule is CCOc1ccc(C(=O)NCc2ccc(C(=O)O)s2)cc1OC. The molecular weight excluding hydrogens is 318 g/mol. The summed E-state index contributed by atoms with van der Waals surface area (Å²) in [5, 5.41) is 11.6. The Kier molecular flexibility index (Phi) is 5.59. The lowest BCUT2D eigenvalue weighted by Gasteiger charge is -2.11. The van der Waals surface area contributed by atoms with Crippen LogP contribution >= 0.6 is 11.3 Å². The Bertz CT molecular complexity index is 710. The van der Waals surface area contributed by atoms with E-state index in [-0.39, 0.29) is 17.3 Å². The zero-order valence-electron chi connectivity index (χ0n) is 12.8. The Morgan fingerprint density at radius 1 is 1.22 bits per heavy atom. The number of aromatic carboxylic acids is 1. The fraction of sp³-hybridized carbons (Fsp3) is 0.250. The van der Waals surface area contributed by atoms with Gasteiger partial charge in [-0.1, -0.05) is 0 Å². The first-order valence-electron chi connectivity index (χ1n) is 6.96. The van der Waals surface area contributed by atoms with Crippen molar-refractivity contribution in [3.8, 4) is 11.5 Å².